The molecule has 0 amide bonds. The van der Waals surface area contributed by atoms with E-state index in [0.29, 0.717) is 0 Å². The molecule has 1 aliphatic rings. The van der Waals surface area contributed by atoms with E-state index in [1.807, 2.05) is 12.1 Å². The number of nitrogens with two attached hydrogens (primary N) is 1. The van der Waals surface area contributed by atoms with Crippen LogP contribution in [0.5, 0.6) is 0 Å². The Hall–Kier alpha value is -1.58. The van der Waals surface area contributed by atoms with Gasteiger partial charge in [0.2, 0.25) is 0 Å². The number of hydrogen-bond acceptors (Lipinski definition) is 3. The van der Waals surface area contributed by atoms with Crippen LogP contribution in [0.1, 0.15) is 37.7 Å². The molecule has 1 saturated heterocycles. The van der Waals surface area contributed by atoms with E-state index in [1.165, 1.54) is 32.1 Å². The highest BCUT2D eigenvalue weighted by Crippen LogP contribution is 2.20. The van der Waals surface area contributed by atoms with Crippen LogP contribution in [0.15, 0.2) is 18.3 Å². The van der Waals surface area contributed by atoms with Gasteiger partial charge in [-0.2, -0.15) is 0 Å². The minimum absolute atomic E-state index is 0.107. The fraction of sp³-hybridized carbons (Fsp3) is 0.538. The highest BCUT2D eigenvalue weighted by Gasteiger charge is 2.14. The summed E-state index contributed by atoms with van der Waals surface area (Å²) in [5.74, 6) is 0.983. The summed E-state index contributed by atoms with van der Waals surface area (Å²) in [4.78, 5) is 6.67. The molecule has 0 atom stereocenters. The van der Waals surface area contributed by atoms with Crippen LogP contribution in [-0.4, -0.2) is 23.9 Å². The molecule has 0 radical (unpaired) electrons. The van der Waals surface area contributed by atoms with Crippen LogP contribution in [0.4, 0.5) is 5.82 Å². The Labute approximate surface area is 102 Å². The largest absolute Gasteiger partial charge is 0.384 e. The molecule has 3 N–H and O–H groups in total. The maximum atomic E-state index is 7.60. The van der Waals surface area contributed by atoms with Crippen LogP contribution in [0.2, 0.25) is 0 Å². The summed E-state index contributed by atoms with van der Waals surface area (Å²) in [6.07, 6.45) is 8.11. The molecule has 1 aromatic heterocycles. The Morgan fingerprint density at radius 1 is 1.18 bits per heavy atom. The zero-order valence-corrected chi connectivity index (χ0v) is 10.2. The normalized spacial score (nSPS) is 17.3. The fourth-order valence-electron chi connectivity index (χ4n) is 2.32. The summed E-state index contributed by atoms with van der Waals surface area (Å²) in [7, 11) is 0. The Morgan fingerprint density at radius 2 is 1.82 bits per heavy atom. The molecule has 0 unspecified atom stereocenters. The molecule has 1 fully saturated rings. The first kappa shape index (κ1) is 11.9. The third kappa shape index (κ3) is 2.96. The standard InChI is InChI=1S/C13H20N4/c14-12(15)11-7-6-8-16-13(11)17-9-4-2-1-3-5-10-17/h6-8H,1-5,9-10H2,(H3,14,15). The van der Waals surface area contributed by atoms with Crippen molar-refractivity contribution in [1.29, 1.82) is 5.41 Å². The third-order valence-corrected chi connectivity index (χ3v) is 3.23. The minimum Gasteiger partial charge on any atom is -0.384 e. The van der Waals surface area contributed by atoms with E-state index in [1.54, 1.807) is 6.20 Å². The number of anilines is 1. The lowest BCUT2D eigenvalue weighted by atomic mass is 10.1. The molecule has 1 aromatic rings. The van der Waals surface area contributed by atoms with E-state index < -0.39 is 0 Å². The van der Waals surface area contributed by atoms with Crippen LogP contribution in [0.3, 0.4) is 0 Å². The highest BCUT2D eigenvalue weighted by molar-refractivity contribution is 5.99. The van der Waals surface area contributed by atoms with Crippen molar-refractivity contribution in [3.05, 3.63) is 23.9 Å². The van der Waals surface area contributed by atoms with Crippen LogP contribution < -0.4 is 10.6 Å². The van der Waals surface area contributed by atoms with Crippen LogP contribution in [-0.2, 0) is 0 Å². The first-order valence-corrected chi connectivity index (χ1v) is 6.33. The zero-order chi connectivity index (χ0) is 12.1. The van der Waals surface area contributed by atoms with Gasteiger partial charge >= 0.3 is 0 Å². The molecule has 4 heteroatoms. The summed E-state index contributed by atoms with van der Waals surface area (Å²) >= 11 is 0. The second-order valence-corrected chi connectivity index (χ2v) is 4.54. The Balaban J connectivity index is 2.21. The third-order valence-electron chi connectivity index (χ3n) is 3.23. The quantitative estimate of drug-likeness (QED) is 0.606. The molecule has 0 spiro atoms. The monoisotopic (exact) mass is 232 g/mol. The summed E-state index contributed by atoms with van der Waals surface area (Å²) in [6, 6.07) is 3.72. The molecule has 0 aliphatic carbocycles. The van der Waals surface area contributed by atoms with Gasteiger partial charge in [-0.3, -0.25) is 5.41 Å². The number of aromatic nitrogens is 1. The summed E-state index contributed by atoms with van der Waals surface area (Å²) < 4.78 is 0. The van der Waals surface area contributed by atoms with Gasteiger partial charge in [0.05, 0.1) is 5.56 Å². The molecule has 0 saturated carbocycles. The van der Waals surface area contributed by atoms with Crippen molar-refractivity contribution in [2.24, 2.45) is 5.73 Å². The minimum atomic E-state index is 0.107. The van der Waals surface area contributed by atoms with Crippen LogP contribution in [0.25, 0.3) is 0 Å². The first-order chi connectivity index (χ1) is 8.29. The van der Waals surface area contributed by atoms with E-state index in [2.05, 4.69) is 9.88 Å². The number of nitrogen functional groups attached to an aromatic ring is 1. The number of amidine groups is 1. The van der Waals surface area contributed by atoms with E-state index in [4.69, 9.17) is 11.1 Å². The molecule has 17 heavy (non-hydrogen) atoms. The van der Waals surface area contributed by atoms with Gasteiger partial charge in [0, 0.05) is 19.3 Å². The molecule has 4 nitrogen and oxygen atoms in total. The lowest BCUT2D eigenvalue weighted by molar-refractivity contribution is 0.553. The Kier molecular flexibility index (Phi) is 3.96. The second-order valence-electron chi connectivity index (χ2n) is 4.54. The second kappa shape index (κ2) is 5.66. The lowest BCUT2D eigenvalue weighted by Crippen LogP contribution is -2.30. The molecule has 92 valence electrons. The predicted molar refractivity (Wildman–Crippen MR) is 70.6 cm³/mol. The van der Waals surface area contributed by atoms with Crippen molar-refractivity contribution in [1.82, 2.24) is 4.98 Å². The predicted octanol–water partition coefficient (Wildman–Crippen LogP) is 2.14. The first-order valence-electron chi connectivity index (χ1n) is 6.33. The van der Waals surface area contributed by atoms with Gasteiger partial charge in [-0.05, 0) is 25.0 Å². The molecule has 2 rings (SSSR count). The molecule has 0 bridgehead atoms. The van der Waals surface area contributed by atoms with Gasteiger partial charge in [-0.25, -0.2) is 4.98 Å². The fourth-order valence-corrected chi connectivity index (χ4v) is 2.32. The molecular formula is C13H20N4. The summed E-state index contributed by atoms with van der Waals surface area (Å²) in [5, 5.41) is 7.60. The molecule has 1 aliphatic heterocycles. The van der Waals surface area contributed by atoms with Crippen molar-refractivity contribution >= 4 is 11.7 Å². The molecule has 2 heterocycles. The van der Waals surface area contributed by atoms with E-state index in [-0.39, 0.29) is 5.84 Å². The van der Waals surface area contributed by atoms with E-state index >= 15 is 0 Å². The highest BCUT2D eigenvalue weighted by atomic mass is 15.2. The molecule has 0 aromatic carbocycles. The van der Waals surface area contributed by atoms with Gasteiger partial charge in [0.25, 0.3) is 0 Å². The van der Waals surface area contributed by atoms with Gasteiger partial charge in [0.1, 0.15) is 11.7 Å². The lowest BCUT2D eigenvalue weighted by Gasteiger charge is -2.27. The summed E-state index contributed by atoms with van der Waals surface area (Å²) in [6.45, 7) is 2.05. The number of hydrogen-bond donors (Lipinski definition) is 2. The average molecular weight is 232 g/mol. The zero-order valence-electron chi connectivity index (χ0n) is 10.2. The van der Waals surface area contributed by atoms with Crippen LogP contribution in [0, 0.1) is 5.41 Å². The maximum Gasteiger partial charge on any atom is 0.139 e. The van der Waals surface area contributed by atoms with E-state index in [0.717, 1.165) is 24.5 Å². The number of pyridine rings is 1. The van der Waals surface area contributed by atoms with Gasteiger partial charge in [-0.1, -0.05) is 19.3 Å². The number of nitrogens with one attached hydrogen (secondary N) is 1. The average Bonchev–Trinajstić information content (AvgIpc) is 2.28. The number of rotatable bonds is 2. The van der Waals surface area contributed by atoms with Crippen molar-refractivity contribution in [2.75, 3.05) is 18.0 Å². The van der Waals surface area contributed by atoms with Crippen LogP contribution >= 0.6 is 0 Å². The SMILES string of the molecule is N=C(N)c1cccnc1N1CCCCCCC1. The van der Waals surface area contributed by atoms with Gasteiger partial charge < -0.3 is 10.6 Å². The van der Waals surface area contributed by atoms with Crippen molar-refractivity contribution in [3.8, 4) is 0 Å². The Bertz CT molecular complexity index is 381. The Morgan fingerprint density at radius 3 is 2.47 bits per heavy atom. The maximum absolute atomic E-state index is 7.60. The van der Waals surface area contributed by atoms with Gasteiger partial charge in [-0.15, -0.1) is 0 Å². The number of nitrogens with zero attached hydrogens (tertiary/aromatic N) is 2. The molecular weight excluding hydrogens is 212 g/mol. The van der Waals surface area contributed by atoms with Crippen molar-refractivity contribution in [3.63, 3.8) is 0 Å². The van der Waals surface area contributed by atoms with Crippen molar-refractivity contribution < 1.29 is 0 Å². The topological polar surface area (TPSA) is 66.0 Å². The smallest absolute Gasteiger partial charge is 0.139 e. The van der Waals surface area contributed by atoms with E-state index in [9.17, 15) is 0 Å². The van der Waals surface area contributed by atoms with Crippen molar-refractivity contribution in [2.45, 2.75) is 32.1 Å². The van der Waals surface area contributed by atoms with Gasteiger partial charge in [0.15, 0.2) is 0 Å². The summed E-state index contributed by atoms with van der Waals surface area (Å²) in [5.41, 5.74) is 6.37.